The zero-order valence-electron chi connectivity index (χ0n) is 8.85. The van der Waals surface area contributed by atoms with Gasteiger partial charge in [-0.1, -0.05) is 28.9 Å². The summed E-state index contributed by atoms with van der Waals surface area (Å²) in [4.78, 5) is 0. The third-order valence-corrected chi connectivity index (χ3v) is 2.82. The maximum atomic E-state index is 5.97. The second-order valence-corrected chi connectivity index (χ2v) is 4.24. The van der Waals surface area contributed by atoms with Crippen molar-refractivity contribution in [3.8, 4) is 11.3 Å². The minimum atomic E-state index is 0.658. The van der Waals surface area contributed by atoms with Crippen LogP contribution in [0.4, 0.5) is 5.69 Å². The van der Waals surface area contributed by atoms with Gasteiger partial charge in [0.05, 0.1) is 5.39 Å². The highest BCUT2D eigenvalue weighted by atomic mass is 35.5. The number of fused-ring (bicyclic) bond motifs is 1. The second-order valence-electron chi connectivity index (χ2n) is 3.80. The van der Waals surface area contributed by atoms with Crippen LogP contribution < -0.4 is 5.73 Å². The van der Waals surface area contributed by atoms with Crippen LogP contribution in [0.1, 0.15) is 0 Å². The number of nitrogen functional groups attached to an aromatic ring is 1. The Kier molecular flexibility index (Phi) is 2.27. The predicted octanol–water partition coefficient (Wildman–Crippen LogP) is 3.73. The average Bonchev–Trinajstić information content (AvgIpc) is 2.71. The normalized spacial score (nSPS) is 10.9. The summed E-state index contributed by atoms with van der Waals surface area (Å²) in [6.07, 6.45) is 0. The van der Waals surface area contributed by atoms with Crippen molar-refractivity contribution in [2.24, 2.45) is 0 Å². The molecular formula is C13H9ClN2O. The van der Waals surface area contributed by atoms with E-state index >= 15 is 0 Å². The van der Waals surface area contributed by atoms with Crippen molar-refractivity contribution >= 4 is 28.2 Å². The zero-order valence-corrected chi connectivity index (χ0v) is 9.61. The first-order chi connectivity index (χ1) is 8.24. The van der Waals surface area contributed by atoms with Gasteiger partial charge >= 0.3 is 0 Å². The zero-order chi connectivity index (χ0) is 11.8. The van der Waals surface area contributed by atoms with Gasteiger partial charge in [0.15, 0.2) is 5.76 Å². The minimum Gasteiger partial charge on any atom is -0.399 e. The van der Waals surface area contributed by atoms with Crippen molar-refractivity contribution in [2.75, 3.05) is 5.73 Å². The Morgan fingerprint density at radius 1 is 1.12 bits per heavy atom. The molecule has 17 heavy (non-hydrogen) atoms. The number of aromatic nitrogens is 1. The molecule has 3 aromatic rings. The van der Waals surface area contributed by atoms with Crippen molar-refractivity contribution in [2.45, 2.75) is 0 Å². The molecule has 0 radical (unpaired) electrons. The average molecular weight is 245 g/mol. The fraction of sp³-hybridized carbons (Fsp3) is 0. The van der Waals surface area contributed by atoms with Crippen LogP contribution in [0.2, 0.25) is 5.02 Å². The van der Waals surface area contributed by atoms with E-state index in [0.29, 0.717) is 16.5 Å². The number of halogens is 1. The molecule has 0 aliphatic carbocycles. The second kappa shape index (κ2) is 3.79. The predicted molar refractivity (Wildman–Crippen MR) is 68.9 cm³/mol. The van der Waals surface area contributed by atoms with Crippen molar-refractivity contribution in [1.82, 2.24) is 5.16 Å². The lowest BCUT2D eigenvalue weighted by molar-refractivity contribution is 0.441. The Balaban J connectivity index is 2.27. The lowest BCUT2D eigenvalue weighted by Gasteiger charge is -1.98. The standard InChI is InChI=1S/C13H9ClN2O/c14-9-4-5-12-11(7-9)13(17-16-12)8-2-1-3-10(15)6-8/h1-7H,15H2. The minimum absolute atomic E-state index is 0.658. The van der Waals surface area contributed by atoms with Gasteiger partial charge in [0.2, 0.25) is 0 Å². The van der Waals surface area contributed by atoms with E-state index in [1.807, 2.05) is 36.4 Å². The molecule has 0 unspecified atom stereocenters. The Hall–Kier alpha value is -2.00. The van der Waals surface area contributed by atoms with E-state index in [1.165, 1.54) is 0 Å². The molecule has 0 aliphatic heterocycles. The number of rotatable bonds is 1. The number of benzene rings is 2. The van der Waals surface area contributed by atoms with Gasteiger partial charge < -0.3 is 10.3 Å². The summed E-state index contributed by atoms with van der Waals surface area (Å²) >= 11 is 5.97. The Morgan fingerprint density at radius 2 is 2.00 bits per heavy atom. The summed E-state index contributed by atoms with van der Waals surface area (Å²) in [5.41, 5.74) is 8.12. The molecule has 3 nitrogen and oxygen atoms in total. The molecule has 0 saturated heterocycles. The molecule has 0 fully saturated rings. The van der Waals surface area contributed by atoms with E-state index in [1.54, 1.807) is 6.07 Å². The molecule has 1 heterocycles. The maximum absolute atomic E-state index is 5.97. The first-order valence-electron chi connectivity index (χ1n) is 5.15. The molecule has 4 heteroatoms. The Labute approximate surface area is 103 Å². The van der Waals surface area contributed by atoms with Crippen molar-refractivity contribution in [1.29, 1.82) is 0 Å². The number of nitrogens with zero attached hydrogens (tertiary/aromatic N) is 1. The number of nitrogens with two attached hydrogens (primary N) is 1. The van der Waals surface area contributed by atoms with E-state index < -0.39 is 0 Å². The summed E-state index contributed by atoms with van der Waals surface area (Å²) in [5.74, 6) is 0.690. The first kappa shape index (κ1) is 10.2. The third-order valence-electron chi connectivity index (χ3n) is 2.59. The van der Waals surface area contributed by atoms with E-state index in [0.717, 1.165) is 16.5 Å². The molecule has 3 rings (SSSR count). The number of hydrogen-bond acceptors (Lipinski definition) is 3. The fourth-order valence-corrected chi connectivity index (χ4v) is 1.97. The summed E-state index contributed by atoms with van der Waals surface area (Å²) in [7, 11) is 0. The fourth-order valence-electron chi connectivity index (χ4n) is 1.80. The van der Waals surface area contributed by atoms with Crippen molar-refractivity contribution in [3.63, 3.8) is 0 Å². The lowest BCUT2D eigenvalue weighted by atomic mass is 10.1. The van der Waals surface area contributed by atoms with E-state index in [4.69, 9.17) is 21.9 Å². The Morgan fingerprint density at radius 3 is 2.82 bits per heavy atom. The molecule has 0 atom stereocenters. The SMILES string of the molecule is Nc1cccc(-c2onc3ccc(Cl)cc23)c1. The summed E-state index contributed by atoms with van der Waals surface area (Å²) in [6.45, 7) is 0. The van der Waals surface area contributed by atoms with Gasteiger partial charge in [0, 0.05) is 16.3 Å². The van der Waals surface area contributed by atoms with Crippen molar-refractivity contribution < 1.29 is 4.52 Å². The van der Waals surface area contributed by atoms with Gasteiger partial charge in [-0.2, -0.15) is 0 Å². The molecule has 0 amide bonds. The highest BCUT2D eigenvalue weighted by Crippen LogP contribution is 2.31. The molecule has 0 aliphatic rings. The van der Waals surface area contributed by atoms with Crippen LogP contribution in [0.5, 0.6) is 0 Å². The number of anilines is 1. The van der Waals surface area contributed by atoms with Gasteiger partial charge in [-0.3, -0.25) is 0 Å². The molecular weight excluding hydrogens is 236 g/mol. The highest BCUT2D eigenvalue weighted by molar-refractivity contribution is 6.31. The monoisotopic (exact) mass is 244 g/mol. The third kappa shape index (κ3) is 1.74. The summed E-state index contributed by atoms with van der Waals surface area (Å²) < 4.78 is 5.35. The van der Waals surface area contributed by atoms with E-state index in [2.05, 4.69) is 5.16 Å². The quantitative estimate of drug-likeness (QED) is 0.664. The van der Waals surface area contributed by atoms with Gasteiger partial charge in [-0.05, 0) is 30.3 Å². The molecule has 0 saturated carbocycles. The topological polar surface area (TPSA) is 52.0 Å². The largest absolute Gasteiger partial charge is 0.399 e. The smallest absolute Gasteiger partial charge is 0.174 e. The van der Waals surface area contributed by atoms with Gasteiger partial charge in [0.1, 0.15) is 5.52 Å². The van der Waals surface area contributed by atoms with Gasteiger partial charge in [-0.15, -0.1) is 0 Å². The molecule has 84 valence electrons. The molecule has 2 N–H and O–H groups in total. The van der Waals surface area contributed by atoms with Crippen LogP contribution >= 0.6 is 11.6 Å². The van der Waals surface area contributed by atoms with Crippen LogP contribution in [0, 0.1) is 0 Å². The highest BCUT2D eigenvalue weighted by Gasteiger charge is 2.10. The van der Waals surface area contributed by atoms with Crippen LogP contribution in [-0.4, -0.2) is 5.16 Å². The van der Waals surface area contributed by atoms with Gasteiger partial charge in [-0.25, -0.2) is 0 Å². The van der Waals surface area contributed by atoms with Crippen LogP contribution in [0.15, 0.2) is 47.0 Å². The molecule has 0 spiro atoms. The molecule has 1 aromatic heterocycles. The lowest BCUT2D eigenvalue weighted by Crippen LogP contribution is -1.84. The molecule has 2 aromatic carbocycles. The van der Waals surface area contributed by atoms with Crippen molar-refractivity contribution in [3.05, 3.63) is 47.5 Å². The van der Waals surface area contributed by atoms with E-state index in [9.17, 15) is 0 Å². The van der Waals surface area contributed by atoms with Crippen LogP contribution in [0.25, 0.3) is 22.2 Å². The van der Waals surface area contributed by atoms with Crippen LogP contribution in [0.3, 0.4) is 0 Å². The van der Waals surface area contributed by atoms with E-state index in [-0.39, 0.29) is 0 Å². The first-order valence-corrected chi connectivity index (χ1v) is 5.53. The molecule has 0 bridgehead atoms. The maximum Gasteiger partial charge on any atom is 0.174 e. The van der Waals surface area contributed by atoms with Crippen LogP contribution in [-0.2, 0) is 0 Å². The number of hydrogen-bond donors (Lipinski definition) is 1. The summed E-state index contributed by atoms with van der Waals surface area (Å²) in [6, 6.07) is 12.9. The summed E-state index contributed by atoms with van der Waals surface area (Å²) in [5, 5.41) is 5.54. The Bertz CT molecular complexity index is 691. The van der Waals surface area contributed by atoms with Gasteiger partial charge in [0.25, 0.3) is 0 Å².